The van der Waals surface area contributed by atoms with Crippen LogP contribution in [-0.2, 0) is 0 Å². The van der Waals surface area contributed by atoms with Crippen LogP contribution < -0.4 is 4.74 Å². The summed E-state index contributed by atoms with van der Waals surface area (Å²) in [6.07, 6.45) is 0. The van der Waals surface area contributed by atoms with Crippen LogP contribution >= 0.6 is 11.6 Å². The third-order valence-electron chi connectivity index (χ3n) is 3.70. The van der Waals surface area contributed by atoms with Crippen LogP contribution in [0.15, 0.2) is 42.5 Å². The summed E-state index contributed by atoms with van der Waals surface area (Å²) >= 11 is 6.10. The molecule has 3 rings (SSSR count). The second-order valence-electron chi connectivity index (χ2n) is 5.23. The van der Waals surface area contributed by atoms with Gasteiger partial charge >= 0.3 is 5.97 Å². The molecule has 6 nitrogen and oxygen atoms in total. The maximum absolute atomic E-state index is 13.4. The van der Waals surface area contributed by atoms with Crippen molar-refractivity contribution in [2.45, 2.75) is 0 Å². The van der Waals surface area contributed by atoms with E-state index in [2.05, 4.69) is 5.10 Å². The molecule has 0 aliphatic carbocycles. The molecule has 0 amide bonds. The van der Waals surface area contributed by atoms with Crippen LogP contribution in [0, 0.1) is 17.1 Å². The number of benzene rings is 2. The summed E-state index contributed by atoms with van der Waals surface area (Å²) in [5.41, 5.74) is 0.480. The van der Waals surface area contributed by atoms with Gasteiger partial charge in [-0.3, -0.25) is 0 Å². The first-order chi connectivity index (χ1) is 12.5. The first-order valence-corrected chi connectivity index (χ1v) is 7.70. The lowest BCUT2D eigenvalue weighted by Gasteiger charge is -2.10. The molecule has 1 N–H and O–H groups in total. The lowest BCUT2D eigenvalue weighted by atomic mass is 10.1. The fraction of sp³-hybridized carbons (Fsp3) is 0.0556. The van der Waals surface area contributed by atoms with Crippen LogP contribution in [0.4, 0.5) is 4.39 Å². The number of rotatable bonds is 4. The molecule has 0 fully saturated rings. The molecule has 0 saturated heterocycles. The number of hydrogen-bond donors (Lipinski definition) is 1. The van der Waals surface area contributed by atoms with Crippen molar-refractivity contribution < 1.29 is 19.0 Å². The Morgan fingerprint density at radius 3 is 2.54 bits per heavy atom. The molecule has 3 aromatic rings. The Bertz CT molecular complexity index is 1040. The number of hydrogen-bond acceptors (Lipinski definition) is 4. The molecule has 0 aliphatic heterocycles. The summed E-state index contributed by atoms with van der Waals surface area (Å²) in [7, 11) is 1.51. The van der Waals surface area contributed by atoms with Crippen molar-refractivity contribution in [3.63, 3.8) is 0 Å². The molecule has 0 bridgehead atoms. The van der Waals surface area contributed by atoms with E-state index >= 15 is 0 Å². The SMILES string of the molecule is COc1ccc(-c2c(C#N)c(C(=O)O)nn2-c2ccc(F)cc2Cl)cc1. The minimum atomic E-state index is -1.35. The Morgan fingerprint density at radius 1 is 1.31 bits per heavy atom. The normalized spacial score (nSPS) is 10.4. The minimum absolute atomic E-state index is 0.0312. The van der Waals surface area contributed by atoms with E-state index in [1.54, 1.807) is 24.3 Å². The van der Waals surface area contributed by atoms with E-state index < -0.39 is 17.5 Å². The van der Waals surface area contributed by atoms with E-state index in [1.165, 1.54) is 23.9 Å². The summed E-state index contributed by atoms with van der Waals surface area (Å²) in [4.78, 5) is 11.5. The van der Waals surface area contributed by atoms with E-state index in [1.807, 2.05) is 6.07 Å². The maximum Gasteiger partial charge on any atom is 0.357 e. The lowest BCUT2D eigenvalue weighted by molar-refractivity contribution is 0.0689. The Kier molecular flexibility index (Phi) is 4.61. The van der Waals surface area contributed by atoms with E-state index in [-0.39, 0.29) is 22.0 Å². The number of ether oxygens (including phenoxy) is 1. The van der Waals surface area contributed by atoms with Gasteiger partial charge in [0.1, 0.15) is 23.2 Å². The van der Waals surface area contributed by atoms with Crippen LogP contribution in [0.1, 0.15) is 16.1 Å². The van der Waals surface area contributed by atoms with Crippen molar-refractivity contribution in [3.05, 3.63) is 64.6 Å². The fourth-order valence-corrected chi connectivity index (χ4v) is 2.76. The van der Waals surface area contributed by atoms with Crippen LogP contribution in [0.25, 0.3) is 16.9 Å². The molecule has 0 unspecified atom stereocenters. The van der Waals surface area contributed by atoms with Crippen molar-refractivity contribution in [1.29, 1.82) is 5.26 Å². The van der Waals surface area contributed by atoms with Crippen LogP contribution in [0.5, 0.6) is 5.75 Å². The Morgan fingerprint density at radius 2 is 2.00 bits per heavy atom. The third kappa shape index (κ3) is 2.98. The predicted molar refractivity (Wildman–Crippen MR) is 92.2 cm³/mol. The van der Waals surface area contributed by atoms with Gasteiger partial charge in [-0.2, -0.15) is 10.4 Å². The van der Waals surface area contributed by atoms with Crippen LogP contribution in [0.2, 0.25) is 5.02 Å². The zero-order valence-corrected chi connectivity index (χ0v) is 14.2. The highest BCUT2D eigenvalue weighted by Crippen LogP contribution is 2.32. The smallest absolute Gasteiger partial charge is 0.357 e. The summed E-state index contributed by atoms with van der Waals surface area (Å²) < 4.78 is 19.7. The predicted octanol–water partition coefficient (Wildman–Crippen LogP) is 3.91. The number of nitriles is 1. The van der Waals surface area contributed by atoms with Gasteiger partial charge in [-0.15, -0.1) is 0 Å². The molecule has 0 atom stereocenters. The number of nitrogens with zero attached hydrogens (tertiary/aromatic N) is 3. The van der Waals surface area contributed by atoms with E-state index in [4.69, 9.17) is 16.3 Å². The summed E-state index contributed by atoms with van der Waals surface area (Å²) in [5, 5.41) is 22.9. The fourth-order valence-electron chi connectivity index (χ4n) is 2.52. The Balaban J connectivity index is 2.33. The second kappa shape index (κ2) is 6.86. The number of methoxy groups -OCH3 is 1. The molecular formula is C18H11ClFN3O3. The highest BCUT2D eigenvalue weighted by molar-refractivity contribution is 6.32. The van der Waals surface area contributed by atoms with Crippen LogP contribution in [-0.4, -0.2) is 28.0 Å². The van der Waals surface area contributed by atoms with Crippen LogP contribution in [0.3, 0.4) is 0 Å². The van der Waals surface area contributed by atoms with Crippen molar-refractivity contribution in [2.24, 2.45) is 0 Å². The standard InChI is InChI=1S/C18H11ClFN3O3/c1-26-12-5-2-10(3-6-12)17-13(9-21)16(18(24)25)22-23(17)15-7-4-11(20)8-14(15)19/h2-8H,1H3,(H,24,25). The lowest BCUT2D eigenvalue weighted by Crippen LogP contribution is -2.03. The van der Waals surface area contributed by atoms with Gasteiger partial charge < -0.3 is 9.84 Å². The van der Waals surface area contributed by atoms with Crippen molar-refractivity contribution in [2.75, 3.05) is 7.11 Å². The zero-order valence-electron chi connectivity index (χ0n) is 13.4. The molecule has 0 spiro atoms. The average Bonchev–Trinajstić information content (AvgIpc) is 3.01. The topological polar surface area (TPSA) is 88.1 Å². The number of carboxylic acid groups (broad SMARTS) is 1. The number of halogens is 2. The average molecular weight is 372 g/mol. The Hall–Kier alpha value is -3.37. The first kappa shape index (κ1) is 17.5. The van der Waals surface area contributed by atoms with Gasteiger partial charge in [-0.05, 0) is 42.5 Å². The molecule has 1 aromatic heterocycles. The molecule has 26 heavy (non-hydrogen) atoms. The molecule has 0 aliphatic rings. The van der Waals surface area contributed by atoms with Gasteiger partial charge in [0.25, 0.3) is 0 Å². The van der Waals surface area contributed by atoms with E-state index in [0.717, 1.165) is 6.07 Å². The molecule has 0 saturated carbocycles. The first-order valence-electron chi connectivity index (χ1n) is 7.32. The molecule has 0 radical (unpaired) electrons. The molecule has 1 heterocycles. The number of carbonyl (C=O) groups is 1. The number of aromatic carboxylic acids is 1. The monoisotopic (exact) mass is 371 g/mol. The van der Waals surface area contributed by atoms with Gasteiger partial charge in [0.15, 0.2) is 5.69 Å². The van der Waals surface area contributed by atoms with Gasteiger partial charge in [-0.1, -0.05) is 11.6 Å². The summed E-state index contributed by atoms with van der Waals surface area (Å²) in [6.45, 7) is 0. The van der Waals surface area contributed by atoms with Gasteiger partial charge in [-0.25, -0.2) is 13.9 Å². The largest absolute Gasteiger partial charge is 0.497 e. The third-order valence-corrected chi connectivity index (χ3v) is 4.00. The molecule has 130 valence electrons. The highest BCUT2D eigenvalue weighted by Gasteiger charge is 2.25. The number of aromatic nitrogens is 2. The second-order valence-corrected chi connectivity index (χ2v) is 5.63. The van der Waals surface area contributed by atoms with Gasteiger partial charge in [0.2, 0.25) is 0 Å². The molecule has 2 aromatic carbocycles. The van der Waals surface area contributed by atoms with Gasteiger partial charge in [0.05, 0.1) is 23.5 Å². The Labute approximate surface area is 152 Å². The number of carboxylic acids is 1. The van der Waals surface area contributed by atoms with Crippen molar-refractivity contribution in [3.8, 4) is 28.8 Å². The highest BCUT2D eigenvalue weighted by atomic mass is 35.5. The maximum atomic E-state index is 13.4. The van der Waals surface area contributed by atoms with E-state index in [0.29, 0.717) is 11.3 Å². The molecule has 8 heteroatoms. The van der Waals surface area contributed by atoms with Crippen molar-refractivity contribution in [1.82, 2.24) is 9.78 Å². The van der Waals surface area contributed by atoms with Gasteiger partial charge in [0, 0.05) is 5.56 Å². The molecular weight excluding hydrogens is 361 g/mol. The summed E-state index contributed by atoms with van der Waals surface area (Å²) in [5.74, 6) is -1.30. The quantitative estimate of drug-likeness (QED) is 0.751. The van der Waals surface area contributed by atoms with E-state index in [9.17, 15) is 19.6 Å². The summed E-state index contributed by atoms with van der Waals surface area (Å²) in [6, 6.07) is 12.2. The minimum Gasteiger partial charge on any atom is -0.497 e. The zero-order chi connectivity index (χ0) is 18.8. The van der Waals surface area contributed by atoms with Crippen molar-refractivity contribution >= 4 is 17.6 Å².